The summed E-state index contributed by atoms with van der Waals surface area (Å²) in [5, 5.41) is 24.0. The number of rotatable bonds is 9. The maximum atomic E-state index is 13.3. The number of carbonyl (C=O) groups excluding carboxylic acids is 2. The minimum absolute atomic E-state index is 0.301. The lowest BCUT2D eigenvalue weighted by Crippen LogP contribution is -2.44. The summed E-state index contributed by atoms with van der Waals surface area (Å²) in [5.74, 6) is -0.287. The van der Waals surface area contributed by atoms with Crippen molar-refractivity contribution < 1.29 is 9.59 Å². The molecule has 0 bridgehead atoms. The summed E-state index contributed by atoms with van der Waals surface area (Å²) < 4.78 is 1.57. The average molecular weight is 540 g/mol. The fraction of sp³-hybridized carbons (Fsp3) is 0.0741. The predicted molar refractivity (Wildman–Crippen MR) is 146 cm³/mol. The second kappa shape index (κ2) is 11.9. The van der Waals surface area contributed by atoms with Crippen molar-refractivity contribution in [3.8, 4) is 17.1 Å². The van der Waals surface area contributed by atoms with Gasteiger partial charge in [0.25, 0.3) is 0 Å². The molecule has 12 heteroatoms. The van der Waals surface area contributed by atoms with Crippen LogP contribution in [0.15, 0.2) is 91.5 Å². The van der Waals surface area contributed by atoms with E-state index in [4.69, 9.17) is 11.6 Å². The molecule has 39 heavy (non-hydrogen) atoms. The number of aromatic amines is 1. The Morgan fingerprint density at radius 2 is 1.87 bits per heavy atom. The topological polar surface area (TPSA) is 143 Å². The van der Waals surface area contributed by atoms with Crippen molar-refractivity contribution in [3.05, 3.63) is 108 Å². The molecule has 0 fully saturated rings. The van der Waals surface area contributed by atoms with Crippen LogP contribution < -0.4 is 10.6 Å². The predicted octanol–water partition coefficient (Wildman–Crippen LogP) is 3.48. The molecule has 0 saturated heterocycles. The number of hydrogen-bond donors (Lipinski definition) is 3. The molecule has 0 saturated carbocycles. The molecular weight excluding hydrogens is 518 g/mol. The number of aromatic nitrogens is 7. The van der Waals surface area contributed by atoms with Gasteiger partial charge in [0, 0.05) is 34.3 Å². The van der Waals surface area contributed by atoms with Crippen molar-refractivity contribution in [2.75, 3.05) is 5.32 Å². The number of amides is 2. The van der Waals surface area contributed by atoms with Gasteiger partial charge in [-0.3, -0.25) is 9.59 Å². The number of anilines is 1. The number of tetrazole rings is 1. The summed E-state index contributed by atoms with van der Waals surface area (Å²) in [6.45, 7) is 0. The van der Waals surface area contributed by atoms with Crippen molar-refractivity contribution in [2.45, 2.75) is 12.5 Å². The first-order valence-corrected chi connectivity index (χ1v) is 12.2. The molecule has 1 unspecified atom stereocenters. The Bertz CT molecular complexity index is 1570. The highest BCUT2D eigenvalue weighted by atomic mass is 35.5. The maximum absolute atomic E-state index is 13.3. The Morgan fingerprint density at radius 3 is 2.59 bits per heavy atom. The zero-order chi connectivity index (χ0) is 27.0. The minimum Gasteiger partial charge on any atom is -0.340 e. The Hall–Kier alpha value is -5.16. The Labute approximate surface area is 227 Å². The SMILES string of the molecule is O=C(/C=C/c1cc(Cl)ccc1-n1cncn1)NC(Cc1ccccc1)C(=O)Nc1ccc(-c2nnn[nH]2)cc1. The van der Waals surface area contributed by atoms with Crippen molar-refractivity contribution in [1.82, 2.24) is 40.7 Å². The van der Waals surface area contributed by atoms with Crippen molar-refractivity contribution in [1.29, 1.82) is 0 Å². The highest BCUT2D eigenvalue weighted by molar-refractivity contribution is 6.30. The molecule has 0 radical (unpaired) electrons. The van der Waals surface area contributed by atoms with E-state index < -0.39 is 11.9 Å². The molecule has 2 amide bonds. The smallest absolute Gasteiger partial charge is 0.247 e. The summed E-state index contributed by atoms with van der Waals surface area (Å²) in [5.41, 5.74) is 3.59. The van der Waals surface area contributed by atoms with E-state index in [2.05, 4.69) is 41.3 Å². The summed E-state index contributed by atoms with van der Waals surface area (Å²) >= 11 is 6.18. The van der Waals surface area contributed by atoms with E-state index in [1.165, 1.54) is 12.4 Å². The zero-order valence-electron chi connectivity index (χ0n) is 20.4. The first-order valence-electron chi connectivity index (χ1n) is 11.9. The van der Waals surface area contributed by atoms with Gasteiger partial charge in [0.2, 0.25) is 11.8 Å². The maximum Gasteiger partial charge on any atom is 0.247 e. The third-order valence-electron chi connectivity index (χ3n) is 5.76. The third-order valence-corrected chi connectivity index (χ3v) is 5.99. The van der Waals surface area contributed by atoms with Gasteiger partial charge in [0.1, 0.15) is 18.7 Å². The van der Waals surface area contributed by atoms with E-state index in [9.17, 15) is 9.59 Å². The summed E-state index contributed by atoms with van der Waals surface area (Å²) in [6.07, 6.45) is 6.25. The van der Waals surface area contributed by atoms with Gasteiger partial charge in [0.15, 0.2) is 5.82 Å². The molecule has 5 rings (SSSR count). The lowest BCUT2D eigenvalue weighted by molar-refractivity contribution is -0.123. The monoisotopic (exact) mass is 539 g/mol. The number of halogens is 1. The number of H-pyrrole nitrogens is 1. The molecule has 0 aliphatic rings. The van der Waals surface area contributed by atoms with Crippen LogP contribution in [0, 0.1) is 0 Å². The second-order valence-corrected chi connectivity index (χ2v) is 8.88. The first-order chi connectivity index (χ1) is 19.0. The zero-order valence-corrected chi connectivity index (χ0v) is 21.2. The Morgan fingerprint density at radius 1 is 1.05 bits per heavy atom. The van der Waals surface area contributed by atoms with Crippen LogP contribution in [0.3, 0.4) is 0 Å². The fourth-order valence-electron chi connectivity index (χ4n) is 3.87. The van der Waals surface area contributed by atoms with Crippen LogP contribution in [0.2, 0.25) is 5.02 Å². The van der Waals surface area contributed by atoms with Gasteiger partial charge in [-0.2, -0.15) is 5.10 Å². The lowest BCUT2D eigenvalue weighted by atomic mass is 10.0. The van der Waals surface area contributed by atoms with Gasteiger partial charge >= 0.3 is 0 Å². The molecule has 2 heterocycles. The molecule has 194 valence electrons. The van der Waals surface area contributed by atoms with E-state index in [1.54, 1.807) is 59.5 Å². The van der Waals surface area contributed by atoms with Crippen LogP contribution in [0.4, 0.5) is 5.69 Å². The van der Waals surface area contributed by atoms with Gasteiger partial charge in [-0.05, 0) is 64.5 Å². The molecule has 5 aromatic rings. The van der Waals surface area contributed by atoms with Gasteiger partial charge in [-0.25, -0.2) is 14.8 Å². The Balaban J connectivity index is 1.32. The molecule has 0 spiro atoms. The van der Waals surface area contributed by atoms with Crippen LogP contribution >= 0.6 is 11.6 Å². The van der Waals surface area contributed by atoms with Crippen LogP contribution in [0.5, 0.6) is 0 Å². The van der Waals surface area contributed by atoms with Crippen LogP contribution in [0.1, 0.15) is 11.1 Å². The minimum atomic E-state index is -0.836. The van der Waals surface area contributed by atoms with Crippen LogP contribution in [0.25, 0.3) is 23.2 Å². The number of hydrogen-bond acceptors (Lipinski definition) is 7. The van der Waals surface area contributed by atoms with Crippen LogP contribution in [-0.2, 0) is 16.0 Å². The van der Waals surface area contributed by atoms with Crippen molar-refractivity contribution >= 4 is 35.2 Å². The summed E-state index contributed by atoms with van der Waals surface area (Å²) in [7, 11) is 0. The van der Waals surface area contributed by atoms with E-state index >= 15 is 0 Å². The molecule has 0 aliphatic carbocycles. The van der Waals surface area contributed by atoms with E-state index in [-0.39, 0.29) is 5.91 Å². The second-order valence-electron chi connectivity index (χ2n) is 8.44. The van der Waals surface area contributed by atoms with Gasteiger partial charge in [-0.1, -0.05) is 41.9 Å². The highest BCUT2D eigenvalue weighted by Crippen LogP contribution is 2.21. The van der Waals surface area contributed by atoms with Crippen LogP contribution in [-0.4, -0.2) is 53.2 Å². The van der Waals surface area contributed by atoms with E-state index in [0.717, 1.165) is 11.1 Å². The third kappa shape index (κ3) is 6.59. The summed E-state index contributed by atoms with van der Waals surface area (Å²) in [6, 6.07) is 20.9. The lowest BCUT2D eigenvalue weighted by Gasteiger charge is -2.18. The van der Waals surface area contributed by atoms with Crippen molar-refractivity contribution in [2.24, 2.45) is 0 Å². The standard InChI is InChI=1S/C27H22ClN9O2/c28-21-9-12-24(37-17-29-16-30-37)20(15-21)8-13-25(38)32-23(14-18-4-2-1-3-5-18)27(39)31-22-10-6-19(7-11-22)26-33-35-36-34-26/h1-13,15-17,23H,14H2,(H,31,39)(H,32,38)(H,33,34,35,36)/b13-8+. The molecule has 2 aromatic heterocycles. The van der Waals surface area contributed by atoms with Gasteiger partial charge in [0.05, 0.1) is 5.69 Å². The number of nitrogens with one attached hydrogen (secondary N) is 3. The molecule has 1 atom stereocenters. The van der Waals surface area contributed by atoms with Gasteiger partial charge in [-0.15, -0.1) is 5.10 Å². The van der Waals surface area contributed by atoms with Gasteiger partial charge < -0.3 is 10.6 Å². The molecule has 3 aromatic carbocycles. The highest BCUT2D eigenvalue weighted by Gasteiger charge is 2.21. The van der Waals surface area contributed by atoms with E-state index in [1.807, 2.05) is 30.3 Å². The summed E-state index contributed by atoms with van der Waals surface area (Å²) in [4.78, 5) is 30.2. The molecule has 11 nitrogen and oxygen atoms in total. The number of nitrogens with zero attached hydrogens (tertiary/aromatic N) is 6. The first kappa shape index (κ1) is 25.5. The Kier molecular flexibility index (Phi) is 7.79. The quantitative estimate of drug-likeness (QED) is 0.243. The normalized spacial score (nSPS) is 11.8. The molecule has 0 aliphatic heterocycles. The largest absolute Gasteiger partial charge is 0.340 e. The van der Waals surface area contributed by atoms with Crippen molar-refractivity contribution in [3.63, 3.8) is 0 Å². The fourth-order valence-corrected chi connectivity index (χ4v) is 4.05. The molecule has 3 N–H and O–H groups in total. The number of carbonyl (C=O) groups is 2. The number of benzene rings is 3. The molecular formula is C27H22ClN9O2. The van der Waals surface area contributed by atoms with E-state index in [0.29, 0.717) is 34.2 Å². The average Bonchev–Trinajstić information content (AvgIpc) is 3.68.